The predicted octanol–water partition coefficient (Wildman–Crippen LogP) is 3.39. The molecule has 0 saturated carbocycles. The maximum Gasteiger partial charge on any atom is 0.190 e. The third kappa shape index (κ3) is 1.95. The predicted molar refractivity (Wildman–Crippen MR) is 80.8 cm³/mol. The first-order valence-electron chi connectivity index (χ1n) is 7.04. The molecule has 0 spiro atoms. The Bertz CT molecular complexity index is 823. The lowest BCUT2D eigenvalue weighted by atomic mass is 10.2. The highest BCUT2D eigenvalue weighted by Crippen LogP contribution is 2.36. The number of benzene rings is 2. The number of rotatable bonds is 1. The molecule has 0 N–H and O–H groups in total. The summed E-state index contributed by atoms with van der Waals surface area (Å²) in [6.07, 6.45) is -0.183. The molecule has 4 heteroatoms. The lowest BCUT2D eigenvalue weighted by Crippen LogP contribution is -2.24. The maximum atomic E-state index is 6.05. The molecule has 106 valence electrons. The Morgan fingerprint density at radius 3 is 2.81 bits per heavy atom. The largest absolute Gasteiger partial charge is 0.485 e. The lowest BCUT2D eigenvalue weighted by Gasteiger charge is -2.25. The van der Waals surface area contributed by atoms with Gasteiger partial charge < -0.3 is 14.0 Å². The minimum atomic E-state index is -0.183. The van der Waals surface area contributed by atoms with Crippen LogP contribution in [-0.2, 0) is 7.05 Å². The Hall–Kier alpha value is -2.49. The van der Waals surface area contributed by atoms with Gasteiger partial charge in [0.2, 0.25) is 0 Å². The summed E-state index contributed by atoms with van der Waals surface area (Å²) in [5.74, 6) is 2.46. The molecule has 0 aliphatic carbocycles. The van der Waals surface area contributed by atoms with Crippen molar-refractivity contribution in [3.63, 3.8) is 0 Å². The van der Waals surface area contributed by atoms with Crippen molar-refractivity contribution in [3.8, 4) is 11.5 Å². The highest BCUT2D eigenvalue weighted by Gasteiger charge is 2.26. The SMILES string of the molecule is Cc1ccc2nc(C3COc4ccccc4O3)n(C)c2c1. The molecule has 0 saturated heterocycles. The molecular weight excluding hydrogens is 264 g/mol. The van der Waals surface area contributed by atoms with Gasteiger partial charge >= 0.3 is 0 Å². The van der Waals surface area contributed by atoms with Crippen molar-refractivity contribution in [1.29, 1.82) is 0 Å². The number of aromatic nitrogens is 2. The number of aryl methyl sites for hydroxylation is 2. The molecule has 4 rings (SSSR count). The number of nitrogens with zero attached hydrogens (tertiary/aromatic N) is 2. The van der Waals surface area contributed by atoms with Gasteiger partial charge in [0.25, 0.3) is 0 Å². The van der Waals surface area contributed by atoms with Crippen LogP contribution in [0, 0.1) is 6.92 Å². The molecule has 1 unspecified atom stereocenters. The average Bonchev–Trinajstić information content (AvgIpc) is 2.84. The van der Waals surface area contributed by atoms with E-state index in [1.807, 2.05) is 37.4 Å². The van der Waals surface area contributed by atoms with E-state index in [9.17, 15) is 0 Å². The number of hydrogen-bond donors (Lipinski definition) is 0. The van der Waals surface area contributed by atoms with Crippen LogP contribution in [0.3, 0.4) is 0 Å². The molecule has 3 aromatic rings. The molecular formula is C17H16N2O2. The van der Waals surface area contributed by atoms with Gasteiger partial charge in [-0.2, -0.15) is 0 Å². The van der Waals surface area contributed by atoms with Crippen LogP contribution < -0.4 is 9.47 Å². The normalized spacial score (nSPS) is 17.1. The van der Waals surface area contributed by atoms with Crippen LogP contribution in [-0.4, -0.2) is 16.2 Å². The molecule has 1 aliphatic heterocycles. The zero-order valence-corrected chi connectivity index (χ0v) is 12.0. The van der Waals surface area contributed by atoms with Gasteiger partial charge in [-0.25, -0.2) is 4.98 Å². The van der Waals surface area contributed by atoms with Crippen LogP contribution in [0.15, 0.2) is 42.5 Å². The van der Waals surface area contributed by atoms with Crippen LogP contribution in [0.5, 0.6) is 11.5 Å². The Labute approximate surface area is 122 Å². The van der Waals surface area contributed by atoms with Crippen LogP contribution in [0.1, 0.15) is 17.5 Å². The highest BCUT2D eigenvalue weighted by molar-refractivity contribution is 5.76. The van der Waals surface area contributed by atoms with E-state index in [1.54, 1.807) is 0 Å². The van der Waals surface area contributed by atoms with Gasteiger partial charge in [-0.05, 0) is 36.8 Å². The zero-order chi connectivity index (χ0) is 14.4. The number of ether oxygens (including phenoxy) is 2. The molecule has 0 amide bonds. The first-order valence-corrected chi connectivity index (χ1v) is 7.04. The standard InChI is InChI=1S/C17H16N2O2/c1-11-7-8-12-13(9-11)19(2)17(18-12)16-10-20-14-5-3-4-6-15(14)21-16/h3-9,16H,10H2,1-2H3. The van der Waals surface area contributed by atoms with Gasteiger partial charge in [-0.15, -0.1) is 0 Å². The fraction of sp³-hybridized carbons (Fsp3) is 0.235. The Kier molecular flexibility index (Phi) is 2.64. The summed E-state index contributed by atoms with van der Waals surface area (Å²) in [5.41, 5.74) is 3.33. The van der Waals surface area contributed by atoms with E-state index in [0.717, 1.165) is 28.4 Å². The molecule has 0 fully saturated rings. The van der Waals surface area contributed by atoms with Crippen molar-refractivity contribution in [2.45, 2.75) is 13.0 Å². The smallest absolute Gasteiger partial charge is 0.190 e. The van der Waals surface area contributed by atoms with E-state index in [-0.39, 0.29) is 6.10 Å². The maximum absolute atomic E-state index is 6.05. The molecule has 1 atom stereocenters. The van der Waals surface area contributed by atoms with Crippen molar-refractivity contribution >= 4 is 11.0 Å². The third-order valence-corrected chi connectivity index (χ3v) is 3.87. The summed E-state index contributed by atoms with van der Waals surface area (Å²) in [6.45, 7) is 2.57. The van der Waals surface area contributed by atoms with E-state index in [4.69, 9.17) is 14.5 Å². The highest BCUT2D eigenvalue weighted by atomic mass is 16.6. The Morgan fingerprint density at radius 1 is 1.14 bits per heavy atom. The number of hydrogen-bond acceptors (Lipinski definition) is 3. The monoisotopic (exact) mass is 280 g/mol. The third-order valence-electron chi connectivity index (χ3n) is 3.87. The fourth-order valence-corrected chi connectivity index (χ4v) is 2.75. The first kappa shape index (κ1) is 12.3. The van der Waals surface area contributed by atoms with Crippen molar-refractivity contribution in [1.82, 2.24) is 9.55 Å². The van der Waals surface area contributed by atoms with Crippen molar-refractivity contribution in [3.05, 3.63) is 53.9 Å². The van der Waals surface area contributed by atoms with Gasteiger partial charge in [-0.3, -0.25) is 0 Å². The van der Waals surface area contributed by atoms with Gasteiger partial charge in [0.05, 0.1) is 11.0 Å². The lowest BCUT2D eigenvalue weighted by molar-refractivity contribution is 0.0835. The van der Waals surface area contributed by atoms with Crippen molar-refractivity contribution < 1.29 is 9.47 Å². The molecule has 0 radical (unpaired) electrons. The summed E-state index contributed by atoms with van der Waals surface area (Å²) in [5, 5.41) is 0. The Morgan fingerprint density at radius 2 is 1.95 bits per heavy atom. The summed E-state index contributed by atoms with van der Waals surface area (Å²) in [4.78, 5) is 4.71. The quantitative estimate of drug-likeness (QED) is 0.685. The van der Waals surface area contributed by atoms with E-state index < -0.39 is 0 Å². The number of imidazole rings is 1. The van der Waals surface area contributed by atoms with Gasteiger partial charge in [-0.1, -0.05) is 18.2 Å². The van der Waals surface area contributed by atoms with E-state index in [1.165, 1.54) is 5.56 Å². The minimum absolute atomic E-state index is 0.183. The molecule has 1 aliphatic rings. The van der Waals surface area contributed by atoms with Crippen LogP contribution in [0.25, 0.3) is 11.0 Å². The summed E-state index contributed by atoms with van der Waals surface area (Å²) < 4.78 is 13.9. The zero-order valence-electron chi connectivity index (χ0n) is 12.0. The average molecular weight is 280 g/mol. The second-order valence-electron chi connectivity index (χ2n) is 5.39. The number of fused-ring (bicyclic) bond motifs is 2. The summed E-state index contributed by atoms with van der Waals surface area (Å²) in [7, 11) is 2.02. The second kappa shape index (κ2) is 4.52. The second-order valence-corrected chi connectivity index (χ2v) is 5.39. The molecule has 21 heavy (non-hydrogen) atoms. The molecule has 4 nitrogen and oxygen atoms in total. The van der Waals surface area contributed by atoms with E-state index in [0.29, 0.717) is 6.61 Å². The van der Waals surface area contributed by atoms with Crippen LogP contribution >= 0.6 is 0 Å². The Balaban J connectivity index is 1.76. The fourth-order valence-electron chi connectivity index (χ4n) is 2.75. The minimum Gasteiger partial charge on any atom is -0.485 e. The topological polar surface area (TPSA) is 36.3 Å². The number of para-hydroxylation sites is 2. The van der Waals surface area contributed by atoms with E-state index in [2.05, 4.69) is 23.6 Å². The van der Waals surface area contributed by atoms with Gasteiger partial charge in [0.1, 0.15) is 6.61 Å². The van der Waals surface area contributed by atoms with E-state index >= 15 is 0 Å². The molecule has 0 bridgehead atoms. The summed E-state index contributed by atoms with van der Waals surface area (Å²) in [6, 6.07) is 14.0. The van der Waals surface area contributed by atoms with Crippen molar-refractivity contribution in [2.75, 3.05) is 6.61 Å². The molecule has 2 aromatic carbocycles. The van der Waals surface area contributed by atoms with Gasteiger partial charge in [0, 0.05) is 7.05 Å². The first-order chi connectivity index (χ1) is 10.2. The van der Waals surface area contributed by atoms with Gasteiger partial charge in [0.15, 0.2) is 23.4 Å². The summed E-state index contributed by atoms with van der Waals surface area (Å²) >= 11 is 0. The van der Waals surface area contributed by atoms with Crippen molar-refractivity contribution in [2.24, 2.45) is 7.05 Å². The van der Waals surface area contributed by atoms with Crippen LogP contribution in [0.2, 0.25) is 0 Å². The molecule has 1 aromatic heterocycles. The van der Waals surface area contributed by atoms with Crippen LogP contribution in [0.4, 0.5) is 0 Å². The molecule has 2 heterocycles.